The van der Waals surface area contributed by atoms with E-state index in [9.17, 15) is 8.78 Å². The van der Waals surface area contributed by atoms with Gasteiger partial charge in [0.1, 0.15) is 5.82 Å². The molecule has 0 bridgehead atoms. The largest absolute Gasteiger partial charge is 0.491 e. The zero-order chi connectivity index (χ0) is 22.7. The van der Waals surface area contributed by atoms with E-state index in [-0.39, 0.29) is 11.1 Å². The van der Waals surface area contributed by atoms with Gasteiger partial charge in [-0.05, 0) is 53.3 Å². The first kappa shape index (κ1) is 22.7. The van der Waals surface area contributed by atoms with Crippen LogP contribution in [0.2, 0.25) is 0 Å². The zero-order valence-electron chi connectivity index (χ0n) is 18.9. The van der Waals surface area contributed by atoms with E-state index in [4.69, 9.17) is 4.74 Å². The molecule has 0 amide bonds. The van der Waals surface area contributed by atoms with Crippen molar-refractivity contribution in [3.05, 3.63) is 65.5 Å². The van der Waals surface area contributed by atoms with Gasteiger partial charge in [-0.25, -0.2) is 13.2 Å². The Hall–Kier alpha value is -2.49. The molecule has 1 fully saturated rings. The first-order valence-electron chi connectivity index (χ1n) is 11.7. The van der Waals surface area contributed by atoms with Crippen LogP contribution < -0.4 is 4.74 Å². The van der Waals surface area contributed by atoms with Crippen molar-refractivity contribution < 1.29 is 17.9 Å². The lowest BCUT2D eigenvalue weighted by atomic mass is 9.78. The van der Waals surface area contributed by atoms with E-state index in [1.807, 2.05) is 18.2 Å². The zero-order valence-corrected chi connectivity index (χ0v) is 18.9. The highest BCUT2D eigenvalue weighted by molar-refractivity contribution is 5.88. The molecule has 1 aliphatic rings. The number of benzene rings is 3. The quantitative estimate of drug-likeness (QED) is 0.358. The molecule has 3 aromatic carbocycles. The maximum Gasteiger partial charge on any atom is 0.190 e. The molecule has 0 heterocycles. The van der Waals surface area contributed by atoms with Crippen LogP contribution in [0.1, 0.15) is 57.4 Å². The summed E-state index contributed by atoms with van der Waals surface area (Å²) in [4.78, 5) is 0. The third-order valence-corrected chi connectivity index (χ3v) is 7.04. The molecule has 32 heavy (non-hydrogen) atoms. The first-order chi connectivity index (χ1) is 15.5. The summed E-state index contributed by atoms with van der Waals surface area (Å²) in [5.41, 5.74) is 1.54. The SMILES string of the molecule is CCC[C@H]1CC[C@H](CCc2ccc3c(F)c(-c4cc(F)c(OC)c(F)c4)ccc3c2)CC1. The van der Waals surface area contributed by atoms with Gasteiger partial charge < -0.3 is 4.74 Å². The normalized spacial score (nSPS) is 18.8. The molecule has 0 aliphatic heterocycles. The average Bonchev–Trinajstić information content (AvgIpc) is 2.79. The van der Waals surface area contributed by atoms with Gasteiger partial charge in [-0.15, -0.1) is 0 Å². The second-order valence-corrected chi connectivity index (χ2v) is 9.17. The molecule has 4 rings (SSSR count). The highest BCUT2D eigenvalue weighted by Crippen LogP contribution is 2.35. The molecule has 0 unspecified atom stereocenters. The molecular formula is C28H31F3O. The van der Waals surface area contributed by atoms with Crippen molar-refractivity contribution >= 4 is 10.8 Å². The number of fused-ring (bicyclic) bond motifs is 1. The Balaban J connectivity index is 1.49. The van der Waals surface area contributed by atoms with Gasteiger partial charge >= 0.3 is 0 Å². The summed E-state index contributed by atoms with van der Waals surface area (Å²) >= 11 is 0. The summed E-state index contributed by atoms with van der Waals surface area (Å²) in [6, 6.07) is 11.4. The minimum atomic E-state index is -0.846. The predicted molar refractivity (Wildman–Crippen MR) is 124 cm³/mol. The third-order valence-electron chi connectivity index (χ3n) is 7.04. The molecule has 4 heteroatoms. The van der Waals surface area contributed by atoms with Crippen molar-refractivity contribution in [3.8, 4) is 16.9 Å². The predicted octanol–water partition coefficient (Wildman–Crippen LogP) is 8.47. The number of hydrogen-bond donors (Lipinski definition) is 0. The van der Waals surface area contributed by atoms with Gasteiger partial charge in [0, 0.05) is 10.9 Å². The molecule has 3 aromatic rings. The molecule has 0 N–H and O–H groups in total. The van der Waals surface area contributed by atoms with Crippen LogP contribution in [0.15, 0.2) is 42.5 Å². The third kappa shape index (κ3) is 4.79. The summed E-state index contributed by atoms with van der Waals surface area (Å²) < 4.78 is 48.2. The van der Waals surface area contributed by atoms with E-state index in [1.165, 1.54) is 57.6 Å². The summed E-state index contributed by atoms with van der Waals surface area (Å²) in [7, 11) is 1.20. The Morgan fingerprint density at radius 3 is 2.12 bits per heavy atom. The van der Waals surface area contributed by atoms with Crippen LogP contribution >= 0.6 is 0 Å². The maximum atomic E-state index is 15.2. The summed E-state index contributed by atoms with van der Waals surface area (Å²) in [6.07, 6.45) is 10.2. The second kappa shape index (κ2) is 9.97. The molecule has 1 nitrogen and oxygen atoms in total. The Kier molecular flexibility index (Phi) is 7.07. The molecule has 0 atom stereocenters. The van der Waals surface area contributed by atoms with Crippen LogP contribution in [-0.4, -0.2) is 7.11 Å². The van der Waals surface area contributed by atoms with Crippen LogP contribution in [0.3, 0.4) is 0 Å². The number of hydrogen-bond acceptors (Lipinski definition) is 1. The fourth-order valence-electron chi connectivity index (χ4n) is 5.22. The summed E-state index contributed by atoms with van der Waals surface area (Å²) in [5.74, 6) is -0.910. The Morgan fingerprint density at radius 1 is 0.844 bits per heavy atom. The first-order valence-corrected chi connectivity index (χ1v) is 11.7. The minimum absolute atomic E-state index is 0.156. The van der Waals surface area contributed by atoms with Gasteiger partial charge in [0.2, 0.25) is 0 Å². The Bertz CT molecular complexity index is 1060. The van der Waals surface area contributed by atoms with E-state index >= 15 is 4.39 Å². The number of ether oxygens (including phenoxy) is 1. The van der Waals surface area contributed by atoms with Crippen LogP contribution in [0.5, 0.6) is 5.75 Å². The number of methoxy groups -OCH3 is 1. The molecule has 0 saturated heterocycles. The van der Waals surface area contributed by atoms with E-state index < -0.39 is 23.2 Å². The van der Waals surface area contributed by atoms with Crippen molar-refractivity contribution in [1.82, 2.24) is 0 Å². The van der Waals surface area contributed by atoms with Gasteiger partial charge in [0.05, 0.1) is 7.11 Å². The highest BCUT2D eigenvalue weighted by Gasteiger charge is 2.20. The smallest absolute Gasteiger partial charge is 0.190 e. The van der Waals surface area contributed by atoms with Crippen molar-refractivity contribution in [2.24, 2.45) is 11.8 Å². The topological polar surface area (TPSA) is 9.23 Å². The lowest BCUT2D eigenvalue weighted by Gasteiger charge is -2.28. The van der Waals surface area contributed by atoms with Crippen LogP contribution in [-0.2, 0) is 6.42 Å². The van der Waals surface area contributed by atoms with Crippen molar-refractivity contribution in [3.63, 3.8) is 0 Å². The van der Waals surface area contributed by atoms with E-state index in [2.05, 4.69) is 6.92 Å². The fraction of sp³-hybridized carbons (Fsp3) is 0.429. The molecule has 170 valence electrons. The Labute approximate surface area is 188 Å². The molecule has 1 aliphatic carbocycles. The average molecular weight is 441 g/mol. The van der Waals surface area contributed by atoms with Crippen LogP contribution in [0, 0.1) is 29.3 Å². The fourth-order valence-corrected chi connectivity index (χ4v) is 5.22. The van der Waals surface area contributed by atoms with E-state index in [1.54, 1.807) is 12.1 Å². The van der Waals surface area contributed by atoms with E-state index in [0.717, 1.165) is 35.8 Å². The monoisotopic (exact) mass is 440 g/mol. The maximum absolute atomic E-state index is 15.2. The lowest BCUT2D eigenvalue weighted by Crippen LogP contribution is -2.15. The van der Waals surface area contributed by atoms with Crippen molar-refractivity contribution in [2.75, 3.05) is 7.11 Å². The highest BCUT2D eigenvalue weighted by atomic mass is 19.1. The standard InChI is InChI=1S/C28H31F3O/c1-3-4-18-5-7-19(8-6-18)9-10-20-11-13-23-21(15-20)12-14-24(27(23)31)22-16-25(29)28(32-2)26(30)17-22/h11-19H,3-10H2,1-2H3/t18-,19-. The van der Waals surface area contributed by atoms with Crippen LogP contribution in [0.25, 0.3) is 21.9 Å². The number of halogens is 3. The van der Waals surface area contributed by atoms with Gasteiger partial charge in [-0.2, -0.15) is 0 Å². The number of aryl methyl sites for hydroxylation is 1. The summed E-state index contributed by atoms with van der Waals surface area (Å²) in [5, 5.41) is 1.27. The Morgan fingerprint density at radius 2 is 1.50 bits per heavy atom. The molecule has 0 radical (unpaired) electrons. The minimum Gasteiger partial charge on any atom is -0.491 e. The molecule has 1 saturated carbocycles. The molecular weight excluding hydrogens is 409 g/mol. The van der Waals surface area contributed by atoms with E-state index in [0.29, 0.717) is 5.39 Å². The number of rotatable bonds is 7. The van der Waals surface area contributed by atoms with Crippen LogP contribution in [0.4, 0.5) is 13.2 Å². The summed E-state index contributed by atoms with van der Waals surface area (Å²) in [6.45, 7) is 2.27. The van der Waals surface area contributed by atoms with Crippen molar-refractivity contribution in [2.45, 2.75) is 58.3 Å². The molecule has 0 spiro atoms. The van der Waals surface area contributed by atoms with Gasteiger partial charge in [-0.3, -0.25) is 0 Å². The van der Waals surface area contributed by atoms with Crippen molar-refractivity contribution in [1.29, 1.82) is 0 Å². The second-order valence-electron chi connectivity index (χ2n) is 9.17. The lowest BCUT2D eigenvalue weighted by molar-refractivity contribution is 0.252. The van der Waals surface area contributed by atoms with Gasteiger partial charge in [0.15, 0.2) is 17.4 Å². The molecule has 0 aromatic heterocycles. The van der Waals surface area contributed by atoms with Gasteiger partial charge in [0.25, 0.3) is 0 Å². The van der Waals surface area contributed by atoms with Gasteiger partial charge in [-0.1, -0.05) is 75.8 Å².